The van der Waals surface area contributed by atoms with Crippen molar-refractivity contribution in [3.05, 3.63) is 143 Å². The molecule has 0 unspecified atom stereocenters. The summed E-state index contributed by atoms with van der Waals surface area (Å²) in [6.07, 6.45) is 0. The predicted molar refractivity (Wildman–Crippen MR) is 169 cm³/mol. The van der Waals surface area contributed by atoms with E-state index in [4.69, 9.17) is 0 Å². The number of aliphatic hydroxyl groups is 1. The van der Waals surface area contributed by atoms with Crippen LogP contribution in [-0.2, 0) is 16.4 Å². The summed E-state index contributed by atoms with van der Waals surface area (Å²) in [5, 5.41) is 13.1. The zero-order chi connectivity index (χ0) is 28.3. The molecule has 1 heteroatoms. The lowest BCUT2D eigenvalue weighted by Gasteiger charge is -2.31. The Morgan fingerprint density at radius 2 is 0.875 bits per heavy atom. The summed E-state index contributed by atoms with van der Waals surface area (Å²) in [7, 11) is 0. The molecule has 0 aromatic heterocycles. The van der Waals surface area contributed by atoms with Crippen molar-refractivity contribution in [2.24, 2.45) is 0 Å². The Balaban J connectivity index is 1.58. The molecule has 0 fully saturated rings. The van der Waals surface area contributed by atoms with Gasteiger partial charge in [0, 0.05) is 16.7 Å². The first-order chi connectivity index (χ1) is 19.0. The van der Waals surface area contributed by atoms with Crippen molar-refractivity contribution >= 4 is 0 Å². The lowest BCUT2D eigenvalue weighted by Crippen LogP contribution is -2.28. The van der Waals surface area contributed by atoms with Gasteiger partial charge in [0.2, 0.25) is 0 Å². The minimum atomic E-state index is -1.28. The maximum atomic E-state index is 13.1. The van der Waals surface area contributed by atoms with Crippen molar-refractivity contribution in [3.63, 3.8) is 0 Å². The van der Waals surface area contributed by atoms with Gasteiger partial charge in [-0.15, -0.1) is 0 Å². The molecular formula is C39H38O. The van der Waals surface area contributed by atoms with Gasteiger partial charge in [0.15, 0.2) is 0 Å². The maximum Gasteiger partial charge on any atom is 0.142 e. The van der Waals surface area contributed by atoms with Gasteiger partial charge in [-0.2, -0.15) is 0 Å². The smallest absolute Gasteiger partial charge is 0.142 e. The molecule has 0 saturated carbocycles. The molecule has 1 aliphatic carbocycles. The van der Waals surface area contributed by atoms with E-state index in [9.17, 15) is 5.11 Å². The van der Waals surface area contributed by atoms with E-state index in [2.05, 4.69) is 145 Å². The van der Waals surface area contributed by atoms with Gasteiger partial charge in [0.1, 0.15) is 5.60 Å². The number of rotatable bonds is 3. The molecule has 5 aromatic rings. The van der Waals surface area contributed by atoms with Crippen molar-refractivity contribution in [1.82, 2.24) is 0 Å². The molecule has 1 N–H and O–H groups in total. The molecule has 6 rings (SSSR count). The Morgan fingerprint density at radius 1 is 0.425 bits per heavy atom. The molecule has 5 aromatic carbocycles. The van der Waals surface area contributed by atoms with Gasteiger partial charge in [-0.05, 0) is 55.3 Å². The van der Waals surface area contributed by atoms with E-state index in [0.717, 1.165) is 38.9 Å². The van der Waals surface area contributed by atoms with Crippen LogP contribution >= 0.6 is 0 Å². The topological polar surface area (TPSA) is 20.2 Å². The van der Waals surface area contributed by atoms with Crippen LogP contribution in [0.15, 0.2) is 115 Å². The Hall–Kier alpha value is -3.94. The first-order valence-electron chi connectivity index (χ1n) is 14.3. The molecule has 0 amide bonds. The SMILES string of the molecule is CC(C)(C)c1ccc2c(c1)C(O)(c1ccccc1-c1ccc(-c3ccccc3)cc1)c1cc(C(C)(C)C)ccc1-2. The predicted octanol–water partition coefficient (Wildman–Crippen LogP) is 9.88. The average molecular weight is 523 g/mol. The fraction of sp³-hybridized carbons (Fsp3) is 0.231. The first kappa shape index (κ1) is 26.3. The minimum absolute atomic E-state index is 0.0337. The molecule has 0 aliphatic heterocycles. The standard InChI is InChI=1S/C39H38O/c1-37(2,3)29-20-22-32-33-23-21-30(38(4,5)6)25-36(33)39(40,35(32)24-29)34-15-11-10-14-31(34)28-18-16-27(17-19-28)26-12-8-7-9-13-26/h7-25,40H,1-6H3. The molecule has 1 nitrogen and oxygen atoms in total. The molecular weight excluding hydrogens is 484 g/mol. The maximum absolute atomic E-state index is 13.1. The van der Waals surface area contributed by atoms with Crippen LogP contribution in [0.1, 0.15) is 69.4 Å². The third kappa shape index (κ3) is 4.30. The van der Waals surface area contributed by atoms with Crippen LogP contribution in [0.3, 0.4) is 0 Å². The van der Waals surface area contributed by atoms with E-state index in [1.807, 2.05) is 12.1 Å². The van der Waals surface area contributed by atoms with Crippen molar-refractivity contribution < 1.29 is 5.11 Å². The van der Waals surface area contributed by atoms with E-state index in [0.29, 0.717) is 0 Å². The van der Waals surface area contributed by atoms with Crippen LogP contribution < -0.4 is 0 Å². The van der Waals surface area contributed by atoms with Crippen LogP contribution in [0.2, 0.25) is 0 Å². The van der Waals surface area contributed by atoms with Gasteiger partial charge in [0.25, 0.3) is 0 Å². The summed E-state index contributed by atoms with van der Waals surface area (Å²) in [5.41, 5.74) is 10.7. The monoisotopic (exact) mass is 522 g/mol. The van der Waals surface area contributed by atoms with Gasteiger partial charge in [0.05, 0.1) is 0 Å². The molecule has 1 aliphatic rings. The molecule has 0 bridgehead atoms. The lowest BCUT2D eigenvalue weighted by molar-refractivity contribution is 0.131. The van der Waals surface area contributed by atoms with E-state index in [-0.39, 0.29) is 10.8 Å². The van der Waals surface area contributed by atoms with E-state index < -0.39 is 5.60 Å². The average Bonchev–Trinajstić information content (AvgIpc) is 3.21. The van der Waals surface area contributed by atoms with E-state index in [1.54, 1.807) is 0 Å². The summed E-state index contributed by atoms with van der Waals surface area (Å²) in [4.78, 5) is 0. The number of benzene rings is 5. The molecule has 0 atom stereocenters. The van der Waals surface area contributed by atoms with Gasteiger partial charge >= 0.3 is 0 Å². The summed E-state index contributed by atoms with van der Waals surface area (Å²) < 4.78 is 0. The Morgan fingerprint density at radius 3 is 1.40 bits per heavy atom. The quantitative estimate of drug-likeness (QED) is 0.250. The second-order valence-corrected chi connectivity index (χ2v) is 13.2. The van der Waals surface area contributed by atoms with Crippen molar-refractivity contribution in [3.8, 4) is 33.4 Å². The third-order valence-electron chi connectivity index (χ3n) is 8.46. The number of fused-ring (bicyclic) bond motifs is 3. The van der Waals surface area contributed by atoms with Gasteiger partial charge in [-0.25, -0.2) is 0 Å². The highest BCUT2D eigenvalue weighted by atomic mass is 16.3. The van der Waals surface area contributed by atoms with Crippen LogP contribution in [-0.4, -0.2) is 5.11 Å². The third-order valence-corrected chi connectivity index (χ3v) is 8.46. The van der Waals surface area contributed by atoms with Crippen LogP contribution in [0.5, 0.6) is 0 Å². The summed E-state index contributed by atoms with van der Waals surface area (Å²) in [6.45, 7) is 13.4. The van der Waals surface area contributed by atoms with E-state index in [1.165, 1.54) is 22.3 Å². The summed E-state index contributed by atoms with van der Waals surface area (Å²) in [5.74, 6) is 0. The molecule has 0 heterocycles. The highest BCUT2D eigenvalue weighted by Gasteiger charge is 2.45. The summed E-state index contributed by atoms with van der Waals surface area (Å²) in [6, 6.07) is 40.9. The van der Waals surface area contributed by atoms with Crippen LogP contribution in [0.4, 0.5) is 0 Å². The largest absolute Gasteiger partial charge is 0.376 e. The Bertz CT molecular complexity index is 1630. The van der Waals surface area contributed by atoms with Crippen LogP contribution in [0, 0.1) is 0 Å². The van der Waals surface area contributed by atoms with Gasteiger partial charge in [-0.1, -0.05) is 157 Å². The molecule has 0 saturated heterocycles. The fourth-order valence-corrected chi connectivity index (χ4v) is 6.05. The van der Waals surface area contributed by atoms with E-state index >= 15 is 0 Å². The Labute approximate surface area is 239 Å². The first-order valence-corrected chi connectivity index (χ1v) is 14.3. The van der Waals surface area contributed by atoms with Gasteiger partial charge < -0.3 is 5.11 Å². The molecule has 0 spiro atoms. The van der Waals surface area contributed by atoms with Crippen molar-refractivity contribution in [2.45, 2.75) is 58.0 Å². The zero-order valence-electron chi connectivity index (χ0n) is 24.4. The second-order valence-electron chi connectivity index (χ2n) is 13.2. The van der Waals surface area contributed by atoms with Crippen LogP contribution in [0.25, 0.3) is 33.4 Å². The molecule has 0 radical (unpaired) electrons. The number of hydrogen-bond donors (Lipinski definition) is 1. The van der Waals surface area contributed by atoms with Crippen molar-refractivity contribution in [2.75, 3.05) is 0 Å². The molecule has 200 valence electrons. The highest BCUT2D eigenvalue weighted by Crippen LogP contribution is 2.54. The van der Waals surface area contributed by atoms with Gasteiger partial charge in [-0.3, -0.25) is 0 Å². The zero-order valence-corrected chi connectivity index (χ0v) is 24.4. The summed E-state index contributed by atoms with van der Waals surface area (Å²) >= 11 is 0. The lowest BCUT2D eigenvalue weighted by atomic mass is 9.77. The number of hydrogen-bond acceptors (Lipinski definition) is 1. The second kappa shape index (κ2) is 9.32. The Kier molecular flexibility index (Phi) is 6.13. The highest BCUT2D eigenvalue weighted by molar-refractivity contribution is 5.86. The van der Waals surface area contributed by atoms with Crippen molar-refractivity contribution in [1.29, 1.82) is 0 Å². The molecule has 40 heavy (non-hydrogen) atoms. The normalized spacial score (nSPS) is 14.1. The minimum Gasteiger partial charge on any atom is -0.376 e. The fourth-order valence-electron chi connectivity index (χ4n) is 6.05.